The van der Waals surface area contributed by atoms with Crippen LogP contribution < -0.4 is 5.32 Å². The lowest BCUT2D eigenvalue weighted by atomic mass is 10.1. The van der Waals surface area contributed by atoms with Crippen LogP contribution in [0.1, 0.15) is 40.8 Å². The van der Waals surface area contributed by atoms with Crippen molar-refractivity contribution in [1.82, 2.24) is 4.98 Å². The first-order valence-corrected chi connectivity index (χ1v) is 8.29. The van der Waals surface area contributed by atoms with Crippen LogP contribution in [0.15, 0.2) is 23.6 Å². The van der Waals surface area contributed by atoms with E-state index in [1.807, 2.05) is 5.38 Å². The Balaban J connectivity index is 1.68. The third-order valence-electron chi connectivity index (χ3n) is 3.80. The molecule has 0 aliphatic carbocycles. The molecule has 0 radical (unpaired) electrons. The number of nitrogens with zero attached hydrogens (tertiary/aromatic N) is 1. The number of hydrogen-bond donors (Lipinski definition) is 1. The molecular formula is C16H17F3N2OS. The third kappa shape index (κ3) is 3.84. The van der Waals surface area contributed by atoms with E-state index < -0.39 is 11.7 Å². The van der Waals surface area contributed by atoms with Crippen LogP contribution >= 0.6 is 11.3 Å². The molecule has 3 rings (SSSR count). The number of alkyl halides is 3. The Hall–Kier alpha value is -1.60. The Morgan fingerprint density at radius 3 is 2.91 bits per heavy atom. The van der Waals surface area contributed by atoms with Gasteiger partial charge in [0.15, 0.2) is 0 Å². The van der Waals surface area contributed by atoms with Gasteiger partial charge >= 0.3 is 6.18 Å². The summed E-state index contributed by atoms with van der Waals surface area (Å²) in [5.74, 6) is 0. The summed E-state index contributed by atoms with van der Waals surface area (Å²) in [5.41, 5.74) is 1.42. The average Bonchev–Trinajstić information content (AvgIpc) is 3.16. The molecule has 2 heterocycles. The standard InChI is InChI=1S/C16H17F3N2OS/c1-10-4-5-11(16(17,18)19)7-13(10)20-8-12-9-23-15(21-12)14-3-2-6-22-14/h4-5,7,9,14,20H,2-3,6,8H2,1H3. The van der Waals surface area contributed by atoms with Gasteiger partial charge in [0.05, 0.1) is 17.8 Å². The zero-order valence-electron chi connectivity index (χ0n) is 12.6. The maximum atomic E-state index is 12.8. The van der Waals surface area contributed by atoms with Crippen LogP contribution in [0.5, 0.6) is 0 Å². The molecule has 7 heteroatoms. The zero-order chi connectivity index (χ0) is 16.4. The summed E-state index contributed by atoms with van der Waals surface area (Å²) >= 11 is 1.54. The highest BCUT2D eigenvalue weighted by Crippen LogP contribution is 2.33. The van der Waals surface area contributed by atoms with Gasteiger partial charge in [-0.2, -0.15) is 13.2 Å². The van der Waals surface area contributed by atoms with E-state index in [1.54, 1.807) is 6.92 Å². The Morgan fingerprint density at radius 1 is 1.39 bits per heavy atom. The van der Waals surface area contributed by atoms with Gasteiger partial charge in [0.2, 0.25) is 0 Å². The highest BCUT2D eigenvalue weighted by atomic mass is 32.1. The molecule has 1 atom stereocenters. The van der Waals surface area contributed by atoms with Crippen LogP contribution in [-0.4, -0.2) is 11.6 Å². The fourth-order valence-corrected chi connectivity index (χ4v) is 3.40. The van der Waals surface area contributed by atoms with E-state index in [9.17, 15) is 13.2 Å². The van der Waals surface area contributed by atoms with Gasteiger partial charge in [0.1, 0.15) is 11.1 Å². The quantitative estimate of drug-likeness (QED) is 0.855. The normalized spacial score (nSPS) is 18.3. The van der Waals surface area contributed by atoms with E-state index in [1.165, 1.54) is 17.4 Å². The molecule has 0 amide bonds. The molecule has 1 unspecified atom stereocenters. The average molecular weight is 342 g/mol. The summed E-state index contributed by atoms with van der Waals surface area (Å²) in [7, 11) is 0. The summed E-state index contributed by atoms with van der Waals surface area (Å²) in [5, 5.41) is 5.92. The van der Waals surface area contributed by atoms with Crippen molar-refractivity contribution in [2.75, 3.05) is 11.9 Å². The number of benzene rings is 1. The van der Waals surface area contributed by atoms with Gasteiger partial charge in [0, 0.05) is 17.7 Å². The van der Waals surface area contributed by atoms with Gasteiger partial charge in [-0.15, -0.1) is 11.3 Å². The van der Waals surface area contributed by atoms with E-state index in [0.29, 0.717) is 12.2 Å². The van der Waals surface area contributed by atoms with Crippen molar-refractivity contribution in [2.45, 2.75) is 38.6 Å². The maximum Gasteiger partial charge on any atom is 0.416 e. The Labute approximate surface area is 136 Å². The minimum atomic E-state index is -4.34. The highest BCUT2D eigenvalue weighted by Gasteiger charge is 2.30. The second-order valence-corrected chi connectivity index (χ2v) is 6.45. The summed E-state index contributed by atoms with van der Waals surface area (Å²) in [6.45, 7) is 2.94. The first-order valence-electron chi connectivity index (χ1n) is 7.41. The maximum absolute atomic E-state index is 12.8. The van der Waals surface area contributed by atoms with Crippen LogP contribution in [-0.2, 0) is 17.5 Å². The first kappa shape index (κ1) is 16.3. The van der Waals surface area contributed by atoms with Crippen molar-refractivity contribution in [1.29, 1.82) is 0 Å². The van der Waals surface area contributed by atoms with E-state index in [0.717, 1.165) is 47.8 Å². The van der Waals surface area contributed by atoms with Crippen molar-refractivity contribution in [3.05, 3.63) is 45.4 Å². The van der Waals surface area contributed by atoms with Crippen LogP contribution in [0.4, 0.5) is 18.9 Å². The SMILES string of the molecule is Cc1ccc(C(F)(F)F)cc1NCc1csc(C2CCCO2)n1. The lowest BCUT2D eigenvalue weighted by molar-refractivity contribution is -0.137. The number of ether oxygens (including phenoxy) is 1. The van der Waals surface area contributed by atoms with E-state index >= 15 is 0 Å². The molecule has 1 aliphatic rings. The molecular weight excluding hydrogens is 325 g/mol. The molecule has 2 aromatic rings. The predicted molar refractivity (Wildman–Crippen MR) is 83.5 cm³/mol. The fraction of sp³-hybridized carbons (Fsp3) is 0.438. The monoisotopic (exact) mass is 342 g/mol. The highest BCUT2D eigenvalue weighted by molar-refractivity contribution is 7.09. The summed E-state index contributed by atoms with van der Waals surface area (Å²) < 4.78 is 43.9. The second-order valence-electron chi connectivity index (χ2n) is 5.56. The molecule has 1 saturated heterocycles. The van der Waals surface area contributed by atoms with Crippen molar-refractivity contribution in [3.63, 3.8) is 0 Å². The lowest BCUT2D eigenvalue weighted by Gasteiger charge is -2.12. The van der Waals surface area contributed by atoms with Crippen LogP contribution in [0.2, 0.25) is 0 Å². The van der Waals surface area contributed by atoms with Crippen LogP contribution in [0.3, 0.4) is 0 Å². The Morgan fingerprint density at radius 2 is 2.22 bits per heavy atom. The van der Waals surface area contributed by atoms with Crippen LogP contribution in [0.25, 0.3) is 0 Å². The largest absolute Gasteiger partial charge is 0.416 e. The van der Waals surface area contributed by atoms with Crippen LogP contribution in [0, 0.1) is 6.92 Å². The molecule has 0 saturated carbocycles. The minimum Gasteiger partial charge on any atom is -0.379 e. The summed E-state index contributed by atoms with van der Waals surface area (Å²) in [6, 6.07) is 3.71. The molecule has 3 nitrogen and oxygen atoms in total. The number of anilines is 1. The van der Waals surface area contributed by atoms with E-state index in [2.05, 4.69) is 10.3 Å². The molecule has 0 spiro atoms. The topological polar surface area (TPSA) is 34.1 Å². The number of hydrogen-bond acceptors (Lipinski definition) is 4. The molecule has 1 aromatic carbocycles. The first-order chi connectivity index (χ1) is 10.9. The van der Waals surface area contributed by atoms with Gasteiger partial charge in [-0.25, -0.2) is 4.98 Å². The minimum absolute atomic E-state index is 0.0732. The molecule has 23 heavy (non-hydrogen) atoms. The molecule has 0 bridgehead atoms. The molecule has 1 aromatic heterocycles. The third-order valence-corrected chi connectivity index (χ3v) is 4.79. The van der Waals surface area contributed by atoms with E-state index in [4.69, 9.17) is 4.74 Å². The second kappa shape index (κ2) is 6.49. The van der Waals surface area contributed by atoms with E-state index in [-0.39, 0.29) is 6.10 Å². The van der Waals surface area contributed by atoms with Gasteiger partial charge in [-0.3, -0.25) is 0 Å². The molecule has 1 aliphatic heterocycles. The van der Waals surface area contributed by atoms with Gasteiger partial charge in [-0.05, 0) is 37.5 Å². The van der Waals surface area contributed by atoms with Crippen molar-refractivity contribution in [2.24, 2.45) is 0 Å². The molecule has 1 N–H and O–H groups in total. The Bertz CT molecular complexity index is 678. The predicted octanol–water partition coefficient (Wildman–Crippen LogP) is 4.93. The molecule has 124 valence electrons. The number of aromatic nitrogens is 1. The number of rotatable bonds is 4. The fourth-order valence-electron chi connectivity index (χ4n) is 2.50. The van der Waals surface area contributed by atoms with Crippen molar-refractivity contribution >= 4 is 17.0 Å². The van der Waals surface area contributed by atoms with Crippen molar-refractivity contribution in [3.8, 4) is 0 Å². The number of nitrogens with one attached hydrogen (secondary N) is 1. The zero-order valence-corrected chi connectivity index (χ0v) is 13.4. The van der Waals surface area contributed by atoms with Gasteiger partial charge in [-0.1, -0.05) is 6.07 Å². The van der Waals surface area contributed by atoms with Crippen molar-refractivity contribution < 1.29 is 17.9 Å². The van der Waals surface area contributed by atoms with Gasteiger partial charge < -0.3 is 10.1 Å². The summed E-state index contributed by atoms with van der Waals surface area (Å²) in [4.78, 5) is 4.52. The number of thiazole rings is 1. The smallest absolute Gasteiger partial charge is 0.379 e. The number of aryl methyl sites for hydroxylation is 1. The van der Waals surface area contributed by atoms with Gasteiger partial charge in [0.25, 0.3) is 0 Å². The lowest BCUT2D eigenvalue weighted by Crippen LogP contribution is -2.08. The molecule has 1 fully saturated rings. The summed E-state index contributed by atoms with van der Waals surface area (Å²) in [6.07, 6.45) is -2.24. The number of halogens is 3. The Kier molecular flexibility index (Phi) is 4.59.